The third kappa shape index (κ3) is 4.34. The highest BCUT2D eigenvalue weighted by Crippen LogP contribution is 2.24. The molecule has 5 heteroatoms. The van der Waals surface area contributed by atoms with Crippen LogP contribution in [0.2, 0.25) is 0 Å². The minimum Gasteiger partial charge on any atom is -0.464 e. The van der Waals surface area contributed by atoms with Gasteiger partial charge in [-0.3, -0.25) is 4.79 Å². The van der Waals surface area contributed by atoms with Crippen LogP contribution in [0.3, 0.4) is 0 Å². The molecule has 1 heterocycles. The van der Waals surface area contributed by atoms with Crippen LogP contribution in [0.15, 0.2) is 0 Å². The van der Waals surface area contributed by atoms with Crippen molar-refractivity contribution in [3.8, 4) is 0 Å². The molecule has 1 rings (SSSR count). The van der Waals surface area contributed by atoms with Crippen LogP contribution in [0.5, 0.6) is 0 Å². The molecule has 1 aliphatic rings. The third-order valence-electron chi connectivity index (χ3n) is 2.67. The van der Waals surface area contributed by atoms with Gasteiger partial charge in [-0.2, -0.15) is 0 Å². The van der Waals surface area contributed by atoms with Crippen molar-refractivity contribution < 1.29 is 23.8 Å². The Morgan fingerprint density at radius 3 is 2.71 bits per heavy atom. The maximum Gasteiger partial charge on any atom is 0.335 e. The van der Waals surface area contributed by atoms with Gasteiger partial charge in [0.2, 0.25) is 0 Å². The Morgan fingerprint density at radius 2 is 2.12 bits per heavy atom. The summed E-state index contributed by atoms with van der Waals surface area (Å²) in [6, 6.07) is 0. The summed E-state index contributed by atoms with van der Waals surface area (Å²) in [5.41, 5.74) is 0. The second-order valence-electron chi connectivity index (χ2n) is 4.23. The topological polar surface area (TPSA) is 61.8 Å². The number of hydrogen-bond donors (Lipinski definition) is 0. The molecule has 1 fully saturated rings. The fourth-order valence-corrected chi connectivity index (χ4v) is 1.72. The fraction of sp³-hybridized carbons (Fsp3) is 0.833. The van der Waals surface area contributed by atoms with Crippen molar-refractivity contribution in [1.29, 1.82) is 0 Å². The van der Waals surface area contributed by atoms with Crippen molar-refractivity contribution in [1.82, 2.24) is 0 Å². The highest BCUT2D eigenvalue weighted by atomic mass is 16.6. The van der Waals surface area contributed by atoms with Gasteiger partial charge < -0.3 is 14.2 Å². The molecular weight excluding hydrogens is 224 g/mol. The zero-order valence-corrected chi connectivity index (χ0v) is 10.6. The number of carbonyl (C=O) groups is 2. The molecule has 0 radical (unpaired) electrons. The number of esters is 2. The standard InChI is InChI=1S/C12H20O5/c1-4-5-6-15-12(14)11-7-10(8(2)16-11)17-9(3)13/h8,10-11H,4-7H2,1-3H3/t8-,10-,11+/m1/s1. The van der Waals surface area contributed by atoms with Crippen LogP contribution < -0.4 is 0 Å². The maximum atomic E-state index is 11.6. The van der Waals surface area contributed by atoms with E-state index < -0.39 is 6.10 Å². The van der Waals surface area contributed by atoms with E-state index in [1.807, 2.05) is 6.92 Å². The van der Waals surface area contributed by atoms with Crippen molar-refractivity contribution in [3.63, 3.8) is 0 Å². The van der Waals surface area contributed by atoms with Crippen LogP contribution in [-0.2, 0) is 23.8 Å². The molecule has 0 bridgehead atoms. The average molecular weight is 244 g/mol. The number of ether oxygens (including phenoxy) is 3. The van der Waals surface area contributed by atoms with Gasteiger partial charge in [-0.1, -0.05) is 13.3 Å². The normalized spacial score (nSPS) is 27.8. The van der Waals surface area contributed by atoms with Gasteiger partial charge in [0.05, 0.1) is 12.7 Å². The number of hydrogen-bond acceptors (Lipinski definition) is 5. The highest BCUT2D eigenvalue weighted by Gasteiger charge is 2.39. The molecular formula is C12H20O5. The Bertz CT molecular complexity index is 276. The van der Waals surface area contributed by atoms with Crippen LogP contribution in [0, 0.1) is 0 Å². The summed E-state index contributed by atoms with van der Waals surface area (Å²) < 4.78 is 15.5. The molecule has 0 aliphatic carbocycles. The van der Waals surface area contributed by atoms with E-state index in [0.717, 1.165) is 12.8 Å². The molecule has 5 nitrogen and oxygen atoms in total. The van der Waals surface area contributed by atoms with Gasteiger partial charge in [0.25, 0.3) is 0 Å². The van der Waals surface area contributed by atoms with Crippen LogP contribution >= 0.6 is 0 Å². The summed E-state index contributed by atoms with van der Waals surface area (Å²) in [6.07, 6.45) is 0.989. The van der Waals surface area contributed by atoms with Crippen molar-refractivity contribution >= 4 is 11.9 Å². The monoisotopic (exact) mass is 244 g/mol. The first-order valence-electron chi connectivity index (χ1n) is 6.04. The van der Waals surface area contributed by atoms with Crippen molar-refractivity contribution in [3.05, 3.63) is 0 Å². The lowest BCUT2D eigenvalue weighted by molar-refractivity contribution is -0.156. The Kier molecular flexibility index (Phi) is 5.41. The van der Waals surface area contributed by atoms with E-state index in [2.05, 4.69) is 0 Å². The van der Waals surface area contributed by atoms with E-state index in [1.165, 1.54) is 6.92 Å². The van der Waals surface area contributed by atoms with Crippen molar-refractivity contribution in [2.45, 2.75) is 58.3 Å². The lowest BCUT2D eigenvalue weighted by atomic mass is 10.1. The second-order valence-corrected chi connectivity index (χ2v) is 4.23. The Morgan fingerprint density at radius 1 is 1.41 bits per heavy atom. The van der Waals surface area contributed by atoms with Crippen LogP contribution in [0.1, 0.15) is 40.0 Å². The number of carbonyl (C=O) groups excluding carboxylic acids is 2. The summed E-state index contributed by atoms with van der Waals surface area (Å²) in [5.74, 6) is -0.717. The van der Waals surface area contributed by atoms with E-state index >= 15 is 0 Å². The van der Waals surface area contributed by atoms with Gasteiger partial charge in [-0.25, -0.2) is 4.79 Å². The fourth-order valence-electron chi connectivity index (χ4n) is 1.72. The van der Waals surface area contributed by atoms with Gasteiger partial charge >= 0.3 is 11.9 Å². The first-order chi connectivity index (χ1) is 8.04. The number of unbranched alkanes of at least 4 members (excludes halogenated alkanes) is 1. The number of rotatable bonds is 5. The van der Waals surface area contributed by atoms with Crippen LogP contribution in [0.4, 0.5) is 0 Å². The zero-order chi connectivity index (χ0) is 12.8. The van der Waals surface area contributed by atoms with Crippen molar-refractivity contribution in [2.75, 3.05) is 6.61 Å². The quantitative estimate of drug-likeness (QED) is 0.541. The summed E-state index contributed by atoms with van der Waals surface area (Å²) in [6.45, 7) is 5.58. The van der Waals surface area contributed by atoms with E-state index in [9.17, 15) is 9.59 Å². The van der Waals surface area contributed by atoms with E-state index in [4.69, 9.17) is 14.2 Å². The van der Waals surface area contributed by atoms with E-state index in [0.29, 0.717) is 13.0 Å². The SMILES string of the molecule is CCCCOC(=O)[C@@H]1C[C@@H](OC(C)=O)[C@@H](C)O1. The van der Waals surface area contributed by atoms with Gasteiger partial charge in [0, 0.05) is 13.3 Å². The molecule has 0 aromatic rings. The molecule has 3 atom stereocenters. The Balaban J connectivity index is 2.36. The predicted octanol–water partition coefficient (Wildman–Crippen LogP) is 1.44. The zero-order valence-electron chi connectivity index (χ0n) is 10.6. The Hall–Kier alpha value is -1.10. The molecule has 0 N–H and O–H groups in total. The third-order valence-corrected chi connectivity index (χ3v) is 2.67. The molecule has 0 aromatic heterocycles. The van der Waals surface area contributed by atoms with Gasteiger partial charge in [-0.05, 0) is 13.3 Å². The summed E-state index contributed by atoms with van der Waals surface area (Å²) in [4.78, 5) is 22.4. The predicted molar refractivity (Wildman–Crippen MR) is 60.4 cm³/mol. The van der Waals surface area contributed by atoms with Gasteiger partial charge in [-0.15, -0.1) is 0 Å². The summed E-state index contributed by atoms with van der Waals surface area (Å²) in [7, 11) is 0. The molecule has 1 saturated heterocycles. The molecule has 98 valence electrons. The summed E-state index contributed by atoms with van der Waals surface area (Å²) >= 11 is 0. The minimum atomic E-state index is -0.605. The smallest absolute Gasteiger partial charge is 0.335 e. The molecule has 0 saturated carbocycles. The largest absolute Gasteiger partial charge is 0.464 e. The lowest BCUT2D eigenvalue weighted by Gasteiger charge is -2.12. The maximum absolute atomic E-state index is 11.6. The van der Waals surface area contributed by atoms with Crippen LogP contribution in [0.25, 0.3) is 0 Å². The summed E-state index contributed by atoms with van der Waals surface area (Å²) in [5, 5.41) is 0. The van der Waals surface area contributed by atoms with Crippen molar-refractivity contribution in [2.24, 2.45) is 0 Å². The first-order valence-corrected chi connectivity index (χ1v) is 6.04. The van der Waals surface area contributed by atoms with Gasteiger partial charge in [0.15, 0.2) is 6.10 Å². The average Bonchev–Trinajstić information content (AvgIpc) is 2.60. The second kappa shape index (κ2) is 6.59. The molecule has 0 spiro atoms. The van der Waals surface area contributed by atoms with Gasteiger partial charge in [0.1, 0.15) is 6.10 Å². The van der Waals surface area contributed by atoms with Crippen LogP contribution in [-0.4, -0.2) is 36.9 Å². The first kappa shape index (κ1) is 14.0. The molecule has 0 aromatic carbocycles. The van der Waals surface area contributed by atoms with E-state index in [-0.39, 0.29) is 24.1 Å². The molecule has 0 amide bonds. The minimum absolute atomic E-state index is 0.261. The van der Waals surface area contributed by atoms with E-state index in [1.54, 1.807) is 6.92 Å². The highest BCUT2D eigenvalue weighted by molar-refractivity contribution is 5.75. The molecule has 0 unspecified atom stereocenters. The Labute approximate surface area is 101 Å². The lowest BCUT2D eigenvalue weighted by Crippen LogP contribution is -2.24. The molecule has 17 heavy (non-hydrogen) atoms. The molecule has 1 aliphatic heterocycles.